The average Bonchev–Trinajstić information content (AvgIpc) is 3.50. The third-order valence-electron chi connectivity index (χ3n) is 7.09. The van der Waals surface area contributed by atoms with Crippen molar-refractivity contribution in [3.05, 3.63) is 65.9 Å². The lowest BCUT2D eigenvalue weighted by Gasteiger charge is -2.37. The van der Waals surface area contributed by atoms with Gasteiger partial charge in [-0.3, -0.25) is 14.9 Å². The van der Waals surface area contributed by atoms with Crippen LogP contribution in [0.4, 0.5) is 18.9 Å². The number of amides is 1. The van der Waals surface area contributed by atoms with Crippen molar-refractivity contribution in [1.29, 1.82) is 0 Å². The summed E-state index contributed by atoms with van der Waals surface area (Å²) < 4.78 is 47.7. The van der Waals surface area contributed by atoms with Gasteiger partial charge in [0.25, 0.3) is 0 Å². The maximum atomic E-state index is 14.0. The molecule has 8 nitrogen and oxygen atoms in total. The molecule has 1 saturated heterocycles. The Morgan fingerprint density at radius 3 is 2.86 bits per heavy atom. The zero-order valence-corrected chi connectivity index (χ0v) is 20.1. The molecule has 2 aromatic carbocycles. The second-order valence-electron chi connectivity index (χ2n) is 9.44. The van der Waals surface area contributed by atoms with Gasteiger partial charge in [-0.25, -0.2) is 0 Å². The SMILES string of the molecule is CN1CCCC1COc1cc(C(F)(F)F)cc(C2(C(N)=O)C=CC=NC2Nc2ccc3cn[nH]c3c2)c1. The Bertz CT molecular complexity index is 1370. The van der Waals surface area contributed by atoms with E-state index >= 15 is 0 Å². The third kappa shape index (κ3) is 4.78. The van der Waals surface area contributed by atoms with Crippen LogP contribution in [0.15, 0.2) is 59.7 Å². The number of alkyl halides is 3. The molecule has 0 radical (unpaired) electrons. The van der Waals surface area contributed by atoms with Gasteiger partial charge in [0, 0.05) is 23.3 Å². The molecule has 1 fully saturated rings. The number of hydrogen-bond donors (Lipinski definition) is 3. The summed E-state index contributed by atoms with van der Waals surface area (Å²) >= 11 is 0. The molecule has 2 aliphatic rings. The average molecular weight is 513 g/mol. The van der Waals surface area contributed by atoms with E-state index in [1.807, 2.05) is 13.1 Å². The number of ether oxygens (including phenoxy) is 1. The van der Waals surface area contributed by atoms with Crippen LogP contribution in [0.1, 0.15) is 24.0 Å². The summed E-state index contributed by atoms with van der Waals surface area (Å²) in [6.07, 6.45) is 2.38. The lowest BCUT2D eigenvalue weighted by Crippen LogP contribution is -2.52. The van der Waals surface area contributed by atoms with E-state index in [-0.39, 0.29) is 24.0 Å². The number of nitrogens with one attached hydrogen (secondary N) is 2. The number of aliphatic imine (C=N–C) groups is 1. The first-order valence-electron chi connectivity index (χ1n) is 11.9. The number of hydrogen-bond acceptors (Lipinski definition) is 6. The summed E-state index contributed by atoms with van der Waals surface area (Å²) in [5, 5.41) is 10.9. The van der Waals surface area contributed by atoms with Crippen molar-refractivity contribution >= 4 is 28.7 Å². The summed E-state index contributed by atoms with van der Waals surface area (Å²) in [4.78, 5) is 19.6. The molecule has 11 heteroatoms. The number of rotatable bonds is 7. The van der Waals surface area contributed by atoms with Crippen molar-refractivity contribution < 1.29 is 22.7 Å². The van der Waals surface area contributed by atoms with E-state index in [1.165, 1.54) is 24.4 Å². The normalized spacial score (nSPS) is 24.0. The molecule has 1 aromatic heterocycles. The van der Waals surface area contributed by atoms with Gasteiger partial charge in [-0.05, 0) is 74.5 Å². The van der Waals surface area contributed by atoms with E-state index in [2.05, 4.69) is 25.4 Å². The fourth-order valence-electron chi connectivity index (χ4n) is 4.96. The minimum absolute atomic E-state index is 0.0198. The van der Waals surface area contributed by atoms with Crippen LogP contribution < -0.4 is 15.8 Å². The van der Waals surface area contributed by atoms with Crippen LogP contribution in [0, 0.1) is 0 Å². The van der Waals surface area contributed by atoms with E-state index in [4.69, 9.17) is 10.5 Å². The highest BCUT2D eigenvalue weighted by atomic mass is 19.4. The zero-order valence-electron chi connectivity index (χ0n) is 20.1. The molecule has 0 bridgehead atoms. The van der Waals surface area contributed by atoms with Gasteiger partial charge >= 0.3 is 6.18 Å². The minimum atomic E-state index is -4.66. The molecule has 4 N–H and O–H groups in total. The number of likely N-dealkylation sites (N-methyl/N-ethyl adjacent to an activating group) is 1. The first-order valence-corrected chi connectivity index (χ1v) is 11.9. The molecule has 194 valence electrons. The molecule has 0 aliphatic carbocycles. The Hall–Kier alpha value is -3.86. The lowest BCUT2D eigenvalue weighted by molar-refractivity contribution is -0.138. The number of nitrogens with two attached hydrogens (primary N) is 1. The maximum absolute atomic E-state index is 14.0. The summed E-state index contributed by atoms with van der Waals surface area (Å²) in [5.74, 6) is -0.826. The molecule has 3 heterocycles. The van der Waals surface area contributed by atoms with E-state index in [9.17, 15) is 18.0 Å². The number of carbonyl (C=O) groups excluding carboxylic acids is 1. The molecule has 5 rings (SSSR count). The highest BCUT2D eigenvalue weighted by molar-refractivity contribution is 5.94. The maximum Gasteiger partial charge on any atom is 0.416 e. The second kappa shape index (κ2) is 9.55. The second-order valence-corrected chi connectivity index (χ2v) is 9.44. The molecule has 0 spiro atoms. The van der Waals surface area contributed by atoms with Gasteiger partial charge in [-0.2, -0.15) is 18.3 Å². The summed E-state index contributed by atoms with van der Waals surface area (Å²) in [5.41, 5.74) is 4.64. The summed E-state index contributed by atoms with van der Waals surface area (Å²) in [6.45, 7) is 1.15. The van der Waals surface area contributed by atoms with Gasteiger partial charge in [0.05, 0.1) is 17.3 Å². The zero-order chi connectivity index (χ0) is 26.2. The number of aromatic nitrogens is 2. The molecule has 3 unspecified atom stereocenters. The number of H-pyrrole nitrogens is 1. The predicted molar refractivity (Wildman–Crippen MR) is 135 cm³/mol. The van der Waals surface area contributed by atoms with Gasteiger partial charge in [-0.15, -0.1) is 0 Å². The number of halogens is 3. The number of dihydropyridines is 1. The van der Waals surface area contributed by atoms with E-state index in [1.54, 1.807) is 18.3 Å². The van der Waals surface area contributed by atoms with E-state index in [0.29, 0.717) is 5.69 Å². The molecule has 3 atom stereocenters. The molecule has 37 heavy (non-hydrogen) atoms. The van der Waals surface area contributed by atoms with Crippen molar-refractivity contribution in [3.63, 3.8) is 0 Å². The first-order chi connectivity index (χ1) is 17.7. The monoisotopic (exact) mass is 512 g/mol. The van der Waals surface area contributed by atoms with E-state index < -0.39 is 29.2 Å². The Kier molecular flexibility index (Phi) is 6.40. The van der Waals surface area contributed by atoms with Crippen LogP contribution in [0.25, 0.3) is 10.9 Å². The Morgan fingerprint density at radius 1 is 1.30 bits per heavy atom. The number of allylic oxidation sites excluding steroid dienone is 1. The van der Waals surface area contributed by atoms with Crippen molar-refractivity contribution in [2.45, 2.75) is 36.6 Å². The molecule has 1 amide bonds. The highest BCUT2D eigenvalue weighted by Crippen LogP contribution is 2.40. The van der Waals surface area contributed by atoms with Crippen LogP contribution >= 0.6 is 0 Å². The Morgan fingerprint density at radius 2 is 2.14 bits per heavy atom. The number of anilines is 1. The fraction of sp³-hybridized carbons (Fsp3) is 0.346. The van der Waals surface area contributed by atoms with E-state index in [0.717, 1.165) is 42.4 Å². The van der Waals surface area contributed by atoms with Crippen molar-refractivity contribution in [2.75, 3.05) is 25.5 Å². The van der Waals surface area contributed by atoms with Crippen molar-refractivity contribution in [2.24, 2.45) is 10.7 Å². The minimum Gasteiger partial charge on any atom is -0.492 e. The number of likely N-dealkylation sites (tertiary alicyclic amines) is 1. The van der Waals surface area contributed by atoms with Crippen LogP contribution in [0.3, 0.4) is 0 Å². The van der Waals surface area contributed by atoms with Crippen LogP contribution in [0.2, 0.25) is 0 Å². The molecular weight excluding hydrogens is 485 g/mol. The van der Waals surface area contributed by atoms with Crippen LogP contribution in [0.5, 0.6) is 5.75 Å². The summed E-state index contributed by atoms with van der Waals surface area (Å²) in [7, 11) is 1.96. The molecule has 2 aliphatic heterocycles. The van der Waals surface area contributed by atoms with Gasteiger partial charge < -0.3 is 20.7 Å². The fourth-order valence-corrected chi connectivity index (χ4v) is 4.96. The molecular formula is C26H27F3N6O2. The standard InChI is InChI=1S/C26H27F3N6O2/c1-35-9-2-4-20(35)15-37-21-11-17(10-18(12-21)26(27,28)29)25(23(30)36)7-3-8-31-24(25)33-19-6-5-16-14-32-34-22(16)13-19/h3,5-8,10-14,20,24,33H,2,4,9,15H2,1H3,(H2,30,36)(H,32,34). The van der Waals surface area contributed by atoms with Crippen LogP contribution in [-0.2, 0) is 16.4 Å². The van der Waals surface area contributed by atoms with Crippen molar-refractivity contribution in [1.82, 2.24) is 15.1 Å². The molecule has 3 aromatic rings. The predicted octanol–water partition coefficient (Wildman–Crippen LogP) is 3.86. The number of nitrogens with zero attached hydrogens (tertiary/aromatic N) is 3. The Labute approximate surface area is 211 Å². The lowest BCUT2D eigenvalue weighted by atomic mass is 9.74. The van der Waals surface area contributed by atoms with Gasteiger partial charge in [-0.1, -0.05) is 6.08 Å². The highest BCUT2D eigenvalue weighted by Gasteiger charge is 2.47. The Balaban J connectivity index is 1.54. The smallest absolute Gasteiger partial charge is 0.416 e. The number of primary amides is 1. The quantitative estimate of drug-likeness (QED) is 0.446. The van der Waals surface area contributed by atoms with Crippen LogP contribution in [-0.4, -0.2) is 59.6 Å². The summed E-state index contributed by atoms with van der Waals surface area (Å²) in [6, 6.07) is 8.83. The van der Waals surface area contributed by atoms with Crippen molar-refractivity contribution in [3.8, 4) is 5.75 Å². The molecule has 0 saturated carbocycles. The number of carbonyl (C=O) groups is 1. The third-order valence-corrected chi connectivity index (χ3v) is 7.09. The largest absolute Gasteiger partial charge is 0.492 e. The van der Waals surface area contributed by atoms with Gasteiger partial charge in [0.15, 0.2) is 0 Å². The number of aromatic amines is 1. The topological polar surface area (TPSA) is 109 Å². The number of benzene rings is 2. The number of fused-ring (bicyclic) bond motifs is 1. The van der Waals surface area contributed by atoms with Gasteiger partial charge in [0.2, 0.25) is 5.91 Å². The first kappa shape index (κ1) is 24.8. The van der Waals surface area contributed by atoms with Gasteiger partial charge in [0.1, 0.15) is 23.9 Å².